The Labute approximate surface area is 64.3 Å². The average molecular weight is 132 g/mol. The molecule has 0 nitrogen and oxygen atoms in total. The summed E-state index contributed by atoms with van der Waals surface area (Å²) in [5.74, 6) is 0. The number of hydrogen-bond acceptors (Lipinski definition) is 0. The molecule has 0 unspecified atom stereocenters. The first-order valence-electron chi connectivity index (χ1n) is 3.18. The van der Waals surface area contributed by atoms with Gasteiger partial charge < -0.3 is 0 Å². The van der Waals surface area contributed by atoms with Crippen molar-refractivity contribution in [1.82, 2.24) is 0 Å². The second kappa shape index (κ2) is 3.06. The first kappa shape index (κ1) is 6.87. The fourth-order valence-corrected chi connectivity index (χ4v) is 1.27. The zero-order valence-corrected chi connectivity index (χ0v) is 6.75. The van der Waals surface area contributed by atoms with Gasteiger partial charge in [-0.25, -0.2) is 0 Å². The van der Waals surface area contributed by atoms with Crippen molar-refractivity contribution in [3.05, 3.63) is 29.8 Å². The summed E-state index contributed by atoms with van der Waals surface area (Å²) < 4.78 is 1.32. The van der Waals surface area contributed by atoms with Crippen LogP contribution in [0.25, 0.3) is 0 Å². The van der Waals surface area contributed by atoms with Crippen molar-refractivity contribution in [3.8, 4) is 0 Å². The van der Waals surface area contributed by atoms with E-state index >= 15 is 0 Å². The molecule has 0 heterocycles. The SMILES string of the molecule is CCc1cccc[c]1[Al+2]. The molecule has 0 atom stereocenters. The third-order valence-electron chi connectivity index (χ3n) is 1.44. The van der Waals surface area contributed by atoms with Gasteiger partial charge in [0.1, 0.15) is 0 Å². The van der Waals surface area contributed by atoms with E-state index in [0.717, 1.165) is 6.42 Å². The number of hydrogen-bond donors (Lipinski definition) is 0. The van der Waals surface area contributed by atoms with Crippen molar-refractivity contribution in [3.63, 3.8) is 0 Å². The summed E-state index contributed by atoms with van der Waals surface area (Å²) >= 11 is 2.73. The van der Waals surface area contributed by atoms with Crippen LogP contribution in [-0.2, 0) is 6.42 Å². The van der Waals surface area contributed by atoms with E-state index < -0.39 is 0 Å². The van der Waals surface area contributed by atoms with Crippen LogP contribution in [0.5, 0.6) is 0 Å². The first-order chi connectivity index (χ1) is 4.34. The Hall–Kier alpha value is -0.248. The van der Waals surface area contributed by atoms with Crippen LogP contribution >= 0.6 is 0 Å². The second-order valence-electron chi connectivity index (χ2n) is 2.05. The predicted molar refractivity (Wildman–Crippen MR) is 41.2 cm³/mol. The Bertz CT molecular complexity index is 194. The first-order valence-corrected chi connectivity index (χ1v) is 3.75. The van der Waals surface area contributed by atoms with E-state index in [9.17, 15) is 0 Å². The molecule has 0 bridgehead atoms. The Kier molecular flexibility index (Phi) is 2.33. The van der Waals surface area contributed by atoms with E-state index in [4.69, 9.17) is 0 Å². The van der Waals surface area contributed by atoms with Crippen molar-refractivity contribution in [2.24, 2.45) is 0 Å². The Balaban J connectivity index is 3.01. The Morgan fingerprint density at radius 1 is 1.33 bits per heavy atom. The maximum atomic E-state index is 2.73. The van der Waals surface area contributed by atoms with Crippen LogP contribution in [0.4, 0.5) is 0 Å². The van der Waals surface area contributed by atoms with Gasteiger partial charge in [-0.15, -0.1) is 0 Å². The van der Waals surface area contributed by atoms with Crippen molar-refractivity contribution in [1.29, 1.82) is 0 Å². The Morgan fingerprint density at radius 3 is 2.44 bits per heavy atom. The molecular formula is C8H9Al+2. The van der Waals surface area contributed by atoms with E-state index in [1.807, 2.05) is 0 Å². The molecule has 0 amide bonds. The summed E-state index contributed by atoms with van der Waals surface area (Å²) in [6, 6.07) is 8.40. The number of rotatable bonds is 1. The molecule has 1 aromatic rings. The average Bonchev–Trinajstić information content (AvgIpc) is 1.89. The molecule has 0 aliphatic carbocycles. The fourth-order valence-electron chi connectivity index (χ4n) is 0.856. The zero-order valence-electron chi connectivity index (χ0n) is 5.59. The maximum absolute atomic E-state index is 2.73. The van der Waals surface area contributed by atoms with E-state index in [1.54, 1.807) is 0 Å². The monoisotopic (exact) mass is 132 g/mol. The van der Waals surface area contributed by atoms with Gasteiger partial charge in [0, 0.05) is 0 Å². The molecule has 0 N–H and O–H groups in total. The molecule has 0 saturated carbocycles. The van der Waals surface area contributed by atoms with Gasteiger partial charge in [-0.1, -0.05) is 0 Å². The molecule has 9 heavy (non-hydrogen) atoms. The van der Waals surface area contributed by atoms with E-state index in [0.29, 0.717) is 0 Å². The van der Waals surface area contributed by atoms with Crippen LogP contribution in [0.3, 0.4) is 0 Å². The van der Waals surface area contributed by atoms with Gasteiger partial charge in [0.05, 0.1) is 0 Å². The van der Waals surface area contributed by atoms with E-state index in [1.165, 1.54) is 9.99 Å². The summed E-state index contributed by atoms with van der Waals surface area (Å²) in [6.07, 6.45) is 1.12. The molecule has 1 heteroatoms. The third-order valence-corrected chi connectivity index (χ3v) is 2.00. The van der Waals surface area contributed by atoms with Gasteiger partial charge in [-0.2, -0.15) is 0 Å². The molecule has 0 saturated heterocycles. The third kappa shape index (κ3) is 1.58. The molecule has 0 aromatic heterocycles. The molecule has 0 fully saturated rings. The molecule has 1 aromatic carbocycles. The summed E-state index contributed by atoms with van der Waals surface area (Å²) in [7, 11) is 0. The molecule has 42 valence electrons. The van der Waals surface area contributed by atoms with Gasteiger partial charge in [-0.3, -0.25) is 0 Å². The Morgan fingerprint density at radius 2 is 2.00 bits per heavy atom. The summed E-state index contributed by atoms with van der Waals surface area (Å²) in [6.45, 7) is 2.17. The van der Waals surface area contributed by atoms with E-state index in [2.05, 4.69) is 47.5 Å². The van der Waals surface area contributed by atoms with Crippen LogP contribution in [0.15, 0.2) is 24.3 Å². The summed E-state index contributed by atoms with van der Waals surface area (Å²) in [5.41, 5.74) is 1.42. The van der Waals surface area contributed by atoms with Gasteiger partial charge >= 0.3 is 63.9 Å². The van der Waals surface area contributed by atoms with Crippen LogP contribution in [0, 0.1) is 0 Å². The van der Waals surface area contributed by atoms with Crippen LogP contribution in [0.2, 0.25) is 0 Å². The van der Waals surface area contributed by atoms with Crippen LogP contribution < -0.4 is 4.43 Å². The fraction of sp³-hybridized carbons (Fsp3) is 0.250. The van der Waals surface area contributed by atoms with Crippen LogP contribution in [-0.4, -0.2) is 16.3 Å². The second-order valence-corrected chi connectivity index (χ2v) is 2.67. The van der Waals surface area contributed by atoms with Crippen LogP contribution in [0.1, 0.15) is 12.5 Å². The van der Waals surface area contributed by atoms with Gasteiger partial charge in [0.25, 0.3) is 0 Å². The molecule has 0 aliphatic rings. The molecule has 1 rings (SSSR count). The number of benzene rings is 1. The van der Waals surface area contributed by atoms with Gasteiger partial charge in [0.2, 0.25) is 0 Å². The molecule has 0 radical (unpaired) electrons. The normalized spacial score (nSPS) is 9.67. The minimum atomic E-state index is 1.12. The molecular weight excluding hydrogens is 123 g/mol. The molecule has 0 aliphatic heterocycles. The van der Waals surface area contributed by atoms with Crippen molar-refractivity contribution < 1.29 is 0 Å². The van der Waals surface area contributed by atoms with E-state index in [-0.39, 0.29) is 0 Å². The summed E-state index contributed by atoms with van der Waals surface area (Å²) in [5, 5.41) is 0. The van der Waals surface area contributed by atoms with Crippen molar-refractivity contribution in [2.45, 2.75) is 13.3 Å². The standard InChI is InChI=1S/C8H9.Al/c1-2-8-6-4-3-5-7-8;/h3-6H,2H2,1H3;/q;+2. The molecule has 0 spiro atoms. The summed E-state index contributed by atoms with van der Waals surface area (Å²) in [4.78, 5) is 0. The van der Waals surface area contributed by atoms with Crippen molar-refractivity contribution in [2.75, 3.05) is 0 Å². The topological polar surface area (TPSA) is 0 Å². The minimum absolute atomic E-state index is 1.12. The zero-order chi connectivity index (χ0) is 6.69. The van der Waals surface area contributed by atoms with Gasteiger partial charge in [-0.05, 0) is 0 Å². The predicted octanol–water partition coefficient (Wildman–Crippen LogP) is 1.04. The number of aryl methyl sites for hydroxylation is 1. The van der Waals surface area contributed by atoms with Crippen molar-refractivity contribution >= 4 is 20.7 Å². The quantitative estimate of drug-likeness (QED) is 0.501. The van der Waals surface area contributed by atoms with Gasteiger partial charge in [0.15, 0.2) is 0 Å².